The van der Waals surface area contributed by atoms with Crippen LogP contribution in [0.5, 0.6) is 5.75 Å². The molecule has 0 atom stereocenters. The fraction of sp³-hybridized carbons (Fsp3) is 0.182. The first-order valence-corrected chi connectivity index (χ1v) is 5.00. The molecule has 0 fully saturated rings. The zero-order chi connectivity index (χ0) is 10.7. The topological polar surface area (TPSA) is 27.1 Å². The second-order valence-corrected chi connectivity index (χ2v) is 3.57. The van der Waals surface area contributed by atoms with Gasteiger partial charge < -0.3 is 4.74 Å². The minimum absolute atomic E-state index is 0.472. The van der Waals surface area contributed by atoms with Crippen molar-refractivity contribution in [2.45, 2.75) is 6.61 Å². The van der Waals surface area contributed by atoms with Gasteiger partial charge in [0.05, 0.1) is 5.69 Å². The van der Waals surface area contributed by atoms with Gasteiger partial charge in [-0.05, 0) is 12.1 Å². The Bertz CT molecular complexity index is 439. The SMILES string of the molecule is Cn1nc(Cl)cc1COc1ccccc1. The molecule has 0 aliphatic heterocycles. The van der Waals surface area contributed by atoms with Gasteiger partial charge in [0.1, 0.15) is 12.4 Å². The van der Waals surface area contributed by atoms with E-state index < -0.39 is 0 Å². The summed E-state index contributed by atoms with van der Waals surface area (Å²) in [5.41, 5.74) is 0.948. The van der Waals surface area contributed by atoms with Gasteiger partial charge in [0, 0.05) is 13.1 Å². The van der Waals surface area contributed by atoms with Crippen molar-refractivity contribution < 1.29 is 4.74 Å². The highest BCUT2D eigenvalue weighted by molar-refractivity contribution is 6.29. The molecule has 0 spiro atoms. The molecule has 78 valence electrons. The van der Waals surface area contributed by atoms with Crippen molar-refractivity contribution in [1.82, 2.24) is 9.78 Å². The minimum Gasteiger partial charge on any atom is -0.487 e. The first kappa shape index (κ1) is 10.1. The Labute approximate surface area is 93.2 Å². The molecule has 2 rings (SSSR count). The second kappa shape index (κ2) is 4.36. The maximum atomic E-state index is 5.76. The summed E-state index contributed by atoms with van der Waals surface area (Å²) in [6.45, 7) is 0.472. The Morgan fingerprint density at radius 3 is 2.67 bits per heavy atom. The van der Waals surface area contributed by atoms with Gasteiger partial charge in [0.2, 0.25) is 0 Å². The van der Waals surface area contributed by atoms with Crippen LogP contribution in [0.25, 0.3) is 0 Å². The summed E-state index contributed by atoms with van der Waals surface area (Å²) >= 11 is 5.76. The molecular formula is C11H11ClN2O. The summed E-state index contributed by atoms with van der Waals surface area (Å²) in [5.74, 6) is 0.842. The van der Waals surface area contributed by atoms with Crippen molar-refractivity contribution >= 4 is 11.6 Å². The summed E-state index contributed by atoms with van der Waals surface area (Å²) in [4.78, 5) is 0. The van der Waals surface area contributed by atoms with E-state index in [-0.39, 0.29) is 0 Å². The van der Waals surface area contributed by atoms with Crippen molar-refractivity contribution in [2.75, 3.05) is 0 Å². The average molecular weight is 223 g/mol. The number of benzene rings is 1. The maximum Gasteiger partial charge on any atom is 0.151 e. The highest BCUT2D eigenvalue weighted by Crippen LogP contribution is 2.13. The van der Waals surface area contributed by atoms with Gasteiger partial charge in [0.15, 0.2) is 5.15 Å². The summed E-state index contributed by atoms with van der Waals surface area (Å²) < 4.78 is 7.28. The summed E-state index contributed by atoms with van der Waals surface area (Å²) in [6.07, 6.45) is 0. The van der Waals surface area contributed by atoms with Gasteiger partial charge in [0.25, 0.3) is 0 Å². The molecule has 0 saturated heterocycles. The summed E-state index contributed by atoms with van der Waals surface area (Å²) in [7, 11) is 1.84. The van der Waals surface area contributed by atoms with Crippen molar-refractivity contribution in [1.29, 1.82) is 0 Å². The number of aromatic nitrogens is 2. The van der Waals surface area contributed by atoms with Crippen LogP contribution < -0.4 is 4.74 Å². The number of rotatable bonds is 3. The molecule has 3 nitrogen and oxygen atoms in total. The minimum atomic E-state index is 0.472. The maximum absolute atomic E-state index is 5.76. The third-order valence-electron chi connectivity index (χ3n) is 2.08. The normalized spacial score (nSPS) is 10.3. The fourth-order valence-corrected chi connectivity index (χ4v) is 1.52. The van der Waals surface area contributed by atoms with Gasteiger partial charge in [-0.2, -0.15) is 5.10 Å². The molecule has 15 heavy (non-hydrogen) atoms. The van der Waals surface area contributed by atoms with Gasteiger partial charge in [-0.25, -0.2) is 0 Å². The van der Waals surface area contributed by atoms with E-state index in [9.17, 15) is 0 Å². The fourth-order valence-electron chi connectivity index (χ4n) is 1.28. The number of ether oxygens (including phenoxy) is 1. The van der Waals surface area contributed by atoms with E-state index in [0.717, 1.165) is 11.4 Å². The smallest absolute Gasteiger partial charge is 0.151 e. The summed E-state index contributed by atoms with van der Waals surface area (Å²) in [6, 6.07) is 11.4. The van der Waals surface area contributed by atoms with Crippen molar-refractivity contribution in [2.24, 2.45) is 7.05 Å². The van der Waals surface area contributed by atoms with Crippen LogP contribution in [-0.4, -0.2) is 9.78 Å². The summed E-state index contributed by atoms with van der Waals surface area (Å²) in [5, 5.41) is 4.52. The van der Waals surface area contributed by atoms with Gasteiger partial charge in [-0.15, -0.1) is 0 Å². The zero-order valence-electron chi connectivity index (χ0n) is 8.35. The quantitative estimate of drug-likeness (QED) is 0.799. The molecule has 0 aliphatic rings. The Balaban J connectivity index is 2.02. The Kier molecular flexibility index (Phi) is 2.92. The van der Waals surface area contributed by atoms with Crippen LogP contribution in [0.2, 0.25) is 5.15 Å². The number of aryl methyl sites for hydroxylation is 1. The molecule has 0 saturated carbocycles. The third kappa shape index (κ3) is 2.50. The van der Waals surface area contributed by atoms with E-state index in [1.54, 1.807) is 10.7 Å². The molecule has 1 aromatic heterocycles. The van der Waals surface area contributed by atoms with E-state index in [1.807, 2.05) is 37.4 Å². The predicted molar refractivity (Wildman–Crippen MR) is 59.0 cm³/mol. The number of hydrogen-bond donors (Lipinski definition) is 0. The predicted octanol–water partition coefficient (Wildman–Crippen LogP) is 2.65. The first-order chi connectivity index (χ1) is 7.25. The second-order valence-electron chi connectivity index (χ2n) is 3.18. The van der Waals surface area contributed by atoms with Crippen molar-refractivity contribution in [3.05, 3.63) is 47.2 Å². The van der Waals surface area contributed by atoms with Gasteiger partial charge in [-0.1, -0.05) is 29.8 Å². The zero-order valence-corrected chi connectivity index (χ0v) is 9.11. The molecule has 1 heterocycles. The molecule has 1 aromatic carbocycles. The molecular weight excluding hydrogens is 212 g/mol. The number of nitrogens with zero attached hydrogens (tertiary/aromatic N) is 2. The standard InChI is InChI=1S/C11H11ClN2O/c1-14-9(7-11(12)13-14)8-15-10-5-3-2-4-6-10/h2-7H,8H2,1H3. The van der Waals surface area contributed by atoms with E-state index in [0.29, 0.717) is 11.8 Å². The monoisotopic (exact) mass is 222 g/mol. The highest BCUT2D eigenvalue weighted by Gasteiger charge is 2.03. The van der Waals surface area contributed by atoms with Crippen LogP contribution in [0.1, 0.15) is 5.69 Å². The van der Waals surface area contributed by atoms with Crippen LogP contribution in [0.3, 0.4) is 0 Å². The Hall–Kier alpha value is -1.48. The van der Waals surface area contributed by atoms with E-state index in [2.05, 4.69) is 5.10 Å². The molecule has 0 N–H and O–H groups in total. The lowest BCUT2D eigenvalue weighted by Crippen LogP contribution is -2.02. The van der Waals surface area contributed by atoms with Gasteiger partial charge >= 0.3 is 0 Å². The molecule has 0 aliphatic carbocycles. The number of para-hydroxylation sites is 1. The van der Waals surface area contributed by atoms with E-state index in [1.165, 1.54) is 0 Å². The average Bonchev–Trinajstić information content (AvgIpc) is 2.56. The highest BCUT2D eigenvalue weighted by atomic mass is 35.5. The molecule has 0 unspecified atom stereocenters. The number of hydrogen-bond acceptors (Lipinski definition) is 2. The van der Waals surface area contributed by atoms with Crippen LogP contribution >= 0.6 is 11.6 Å². The Morgan fingerprint density at radius 1 is 1.33 bits per heavy atom. The first-order valence-electron chi connectivity index (χ1n) is 4.62. The van der Waals surface area contributed by atoms with Crippen molar-refractivity contribution in [3.8, 4) is 5.75 Å². The lowest BCUT2D eigenvalue weighted by Gasteiger charge is -2.05. The molecule has 4 heteroatoms. The molecule has 0 bridgehead atoms. The number of halogens is 1. The van der Waals surface area contributed by atoms with E-state index >= 15 is 0 Å². The van der Waals surface area contributed by atoms with Crippen LogP contribution in [0.15, 0.2) is 36.4 Å². The Morgan fingerprint density at radius 2 is 2.07 bits per heavy atom. The molecule has 0 amide bonds. The lowest BCUT2D eigenvalue weighted by atomic mass is 10.3. The van der Waals surface area contributed by atoms with Crippen LogP contribution in [0, 0.1) is 0 Å². The van der Waals surface area contributed by atoms with Gasteiger partial charge in [-0.3, -0.25) is 4.68 Å². The van der Waals surface area contributed by atoms with Crippen LogP contribution in [-0.2, 0) is 13.7 Å². The van der Waals surface area contributed by atoms with Crippen molar-refractivity contribution in [3.63, 3.8) is 0 Å². The van der Waals surface area contributed by atoms with E-state index in [4.69, 9.17) is 16.3 Å². The largest absolute Gasteiger partial charge is 0.487 e. The molecule has 2 aromatic rings. The van der Waals surface area contributed by atoms with Crippen LogP contribution in [0.4, 0.5) is 0 Å². The third-order valence-corrected chi connectivity index (χ3v) is 2.26. The molecule has 0 radical (unpaired) electrons. The lowest BCUT2D eigenvalue weighted by molar-refractivity contribution is 0.295.